The molecule has 3 rings (SSSR count). The number of hydrogen-bond donors (Lipinski definition) is 2. The first kappa shape index (κ1) is 18.2. The summed E-state index contributed by atoms with van der Waals surface area (Å²) in [6, 6.07) is 19.3. The van der Waals surface area contributed by atoms with E-state index in [0.29, 0.717) is 10.7 Å². The Morgan fingerprint density at radius 1 is 1.12 bits per heavy atom. The van der Waals surface area contributed by atoms with Gasteiger partial charge in [0.15, 0.2) is 0 Å². The highest BCUT2D eigenvalue weighted by Crippen LogP contribution is 2.34. The van der Waals surface area contributed by atoms with Gasteiger partial charge in [0.05, 0.1) is 16.4 Å². The molecule has 1 heterocycles. The van der Waals surface area contributed by atoms with E-state index in [1.807, 2.05) is 67.6 Å². The van der Waals surface area contributed by atoms with Gasteiger partial charge >= 0.3 is 0 Å². The molecule has 0 spiro atoms. The van der Waals surface area contributed by atoms with E-state index in [1.54, 1.807) is 0 Å². The summed E-state index contributed by atoms with van der Waals surface area (Å²) in [6.45, 7) is 6.13. The van der Waals surface area contributed by atoms with Gasteiger partial charge in [-0.15, -0.1) is 0 Å². The highest BCUT2D eigenvalue weighted by Gasteiger charge is 2.10. The van der Waals surface area contributed by atoms with Crippen molar-refractivity contribution in [3.05, 3.63) is 89.1 Å². The highest BCUT2D eigenvalue weighted by molar-refractivity contribution is 7.99. The van der Waals surface area contributed by atoms with Crippen molar-refractivity contribution in [2.75, 3.05) is 5.32 Å². The molecule has 2 aromatic carbocycles. The van der Waals surface area contributed by atoms with E-state index in [0.717, 1.165) is 32.4 Å². The molecule has 5 heteroatoms. The zero-order chi connectivity index (χ0) is 18.5. The topological polar surface area (TPSA) is 48.8 Å². The van der Waals surface area contributed by atoms with Gasteiger partial charge in [0.1, 0.15) is 5.03 Å². The summed E-state index contributed by atoms with van der Waals surface area (Å²) in [4.78, 5) is 5.71. The maximum atomic E-state index is 7.51. The minimum absolute atomic E-state index is 0.681. The molecule has 0 saturated heterocycles. The first-order valence-electron chi connectivity index (χ1n) is 8.04. The molecule has 130 valence electrons. The molecule has 0 fully saturated rings. The van der Waals surface area contributed by atoms with E-state index in [-0.39, 0.29) is 0 Å². The predicted molar refractivity (Wildman–Crippen MR) is 112 cm³/mol. The van der Waals surface area contributed by atoms with Crippen LogP contribution in [0.15, 0.2) is 77.2 Å². The van der Waals surface area contributed by atoms with Crippen molar-refractivity contribution in [2.45, 2.75) is 16.8 Å². The summed E-state index contributed by atoms with van der Waals surface area (Å²) in [5.74, 6) is 0. The van der Waals surface area contributed by atoms with Crippen molar-refractivity contribution in [2.24, 2.45) is 0 Å². The Kier molecular flexibility index (Phi) is 5.76. The van der Waals surface area contributed by atoms with Crippen LogP contribution in [0.1, 0.15) is 16.8 Å². The third-order valence-electron chi connectivity index (χ3n) is 3.80. The third kappa shape index (κ3) is 4.15. The average molecular weight is 380 g/mol. The molecule has 0 unspecified atom stereocenters. The van der Waals surface area contributed by atoms with Gasteiger partial charge in [-0.05, 0) is 36.8 Å². The number of pyridine rings is 1. The quantitative estimate of drug-likeness (QED) is 0.496. The standard InChI is InChI=1S/C21H18ClN3S/c1-14-11-12-18(15(2)24-19-9-5-3-7-16(19)13-23)25-21(14)26-20-10-6-4-8-17(20)22/h3-13,23-24H,2H2,1H3. The SMILES string of the molecule is C=C(Nc1ccccc1C=N)c1ccc(C)c(Sc2ccccc2Cl)n1. The van der Waals surface area contributed by atoms with Crippen LogP contribution >= 0.6 is 23.4 Å². The summed E-state index contributed by atoms with van der Waals surface area (Å²) >= 11 is 7.81. The Bertz CT molecular complexity index is 969. The van der Waals surface area contributed by atoms with E-state index in [9.17, 15) is 0 Å². The van der Waals surface area contributed by atoms with Crippen molar-refractivity contribution in [1.82, 2.24) is 4.98 Å². The number of aromatic nitrogens is 1. The summed E-state index contributed by atoms with van der Waals surface area (Å²) in [5.41, 5.74) is 4.14. The first-order valence-corrected chi connectivity index (χ1v) is 9.24. The summed E-state index contributed by atoms with van der Waals surface area (Å²) in [7, 11) is 0. The molecule has 0 radical (unpaired) electrons. The maximum absolute atomic E-state index is 7.51. The molecule has 0 saturated carbocycles. The fraction of sp³-hybridized carbons (Fsp3) is 0.0476. The van der Waals surface area contributed by atoms with E-state index in [1.165, 1.54) is 18.0 Å². The van der Waals surface area contributed by atoms with Crippen molar-refractivity contribution < 1.29 is 0 Å². The van der Waals surface area contributed by atoms with Crippen LogP contribution in [0, 0.1) is 12.3 Å². The maximum Gasteiger partial charge on any atom is 0.104 e. The Hall–Kier alpha value is -2.56. The molecule has 26 heavy (non-hydrogen) atoms. The van der Waals surface area contributed by atoms with Gasteiger partial charge < -0.3 is 10.7 Å². The lowest BCUT2D eigenvalue weighted by Gasteiger charge is -2.13. The number of para-hydroxylation sites is 1. The molecule has 3 aromatic rings. The third-order valence-corrected chi connectivity index (χ3v) is 5.43. The normalized spacial score (nSPS) is 10.4. The van der Waals surface area contributed by atoms with Crippen molar-refractivity contribution in [1.29, 1.82) is 5.41 Å². The van der Waals surface area contributed by atoms with Gasteiger partial charge in [0, 0.05) is 22.4 Å². The van der Waals surface area contributed by atoms with Crippen LogP contribution in [0.3, 0.4) is 0 Å². The fourth-order valence-corrected chi connectivity index (χ4v) is 3.52. The lowest BCUT2D eigenvalue weighted by Crippen LogP contribution is -2.03. The van der Waals surface area contributed by atoms with Crippen LogP contribution in [0.25, 0.3) is 5.70 Å². The number of hydrogen-bond acceptors (Lipinski definition) is 4. The second-order valence-electron chi connectivity index (χ2n) is 5.69. The van der Waals surface area contributed by atoms with E-state index in [4.69, 9.17) is 22.0 Å². The summed E-state index contributed by atoms with van der Waals surface area (Å²) < 4.78 is 0. The van der Waals surface area contributed by atoms with Gasteiger partial charge in [-0.1, -0.05) is 66.3 Å². The predicted octanol–water partition coefficient (Wildman–Crippen LogP) is 6.28. The highest BCUT2D eigenvalue weighted by atomic mass is 35.5. The molecule has 0 aliphatic heterocycles. The molecule has 0 atom stereocenters. The van der Waals surface area contributed by atoms with Crippen LogP contribution < -0.4 is 5.32 Å². The molecule has 0 aliphatic carbocycles. The molecule has 2 N–H and O–H groups in total. The summed E-state index contributed by atoms with van der Waals surface area (Å²) in [6.07, 6.45) is 1.32. The molecule has 0 aliphatic rings. The number of aryl methyl sites for hydroxylation is 1. The molecule has 3 nitrogen and oxygen atoms in total. The number of benzene rings is 2. The van der Waals surface area contributed by atoms with Crippen LogP contribution in [-0.2, 0) is 0 Å². The van der Waals surface area contributed by atoms with Crippen LogP contribution in [0.4, 0.5) is 5.69 Å². The van der Waals surface area contributed by atoms with Gasteiger partial charge in [-0.25, -0.2) is 4.98 Å². The van der Waals surface area contributed by atoms with Gasteiger partial charge in [0.25, 0.3) is 0 Å². The Labute approximate surface area is 162 Å². The second kappa shape index (κ2) is 8.21. The molecule has 0 amide bonds. The Morgan fingerprint density at radius 2 is 1.85 bits per heavy atom. The van der Waals surface area contributed by atoms with Crippen LogP contribution in [0.2, 0.25) is 5.02 Å². The number of anilines is 1. The number of halogens is 1. The minimum atomic E-state index is 0.681. The smallest absolute Gasteiger partial charge is 0.104 e. The average Bonchev–Trinajstić information content (AvgIpc) is 2.65. The second-order valence-corrected chi connectivity index (χ2v) is 7.12. The zero-order valence-corrected chi connectivity index (χ0v) is 15.9. The van der Waals surface area contributed by atoms with Crippen molar-refractivity contribution in [3.63, 3.8) is 0 Å². The largest absolute Gasteiger partial charge is 0.354 e. The zero-order valence-electron chi connectivity index (χ0n) is 14.3. The van der Waals surface area contributed by atoms with E-state index < -0.39 is 0 Å². The number of nitrogens with zero attached hydrogens (tertiary/aromatic N) is 1. The molecule has 0 bridgehead atoms. The van der Waals surface area contributed by atoms with Crippen LogP contribution in [-0.4, -0.2) is 11.2 Å². The Morgan fingerprint density at radius 3 is 2.62 bits per heavy atom. The van der Waals surface area contributed by atoms with Crippen molar-refractivity contribution >= 4 is 41.0 Å². The van der Waals surface area contributed by atoms with Crippen molar-refractivity contribution in [3.8, 4) is 0 Å². The van der Waals surface area contributed by atoms with Gasteiger partial charge in [0.2, 0.25) is 0 Å². The molecular formula is C21H18ClN3S. The molecular weight excluding hydrogens is 362 g/mol. The minimum Gasteiger partial charge on any atom is -0.354 e. The van der Waals surface area contributed by atoms with Gasteiger partial charge in [-0.3, -0.25) is 0 Å². The lowest BCUT2D eigenvalue weighted by molar-refractivity contribution is 1.06. The number of nitrogens with one attached hydrogen (secondary N) is 2. The Balaban J connectivity index is 1.86. The molecule has 1 aromatic heterocycles. The van der Waals surface area contributed by atoms with Gasteiger partial charge in [-0.2, -0.15) is 0 Å². The fourth-order valence-electron chi connectivity index (χ4n) is 2.38. The first-order chi connectivity index (χ1) is 12.6. The monoisotopic (exact) mass is 379 g/mol. The van der Waals surface area contributed by atoms with E-state index in [2.05, 4.69) is 11.9 Å². The van der Waals surface area contributed by atoms with E-state index >= 15 is 0 Å². The lowest BCUT2D eigenvalue weighted by atomic mass is 10.1. The van der Waals surface area contributed by atoms with Crippen LogP contribution in [0.5, 0.6) is 0 Å². The number of rotatable bonds is 6. The summed E-state index contributed by atoms with van der Waals surface area (Å²) in [5, 5.41) is 12.4.